The first-order valence-corrected chi connectivity index (χ1v) is 8.20. The number of nitrogens with zero attached hydrogens (tertiary/aromatic N) is 2. The molecule has 1 aromatic carbocycles. The average Bonchev–Trinajstić information content (AvgIpc) is 3.02. The Morgan fingerprint density at radius 2 is 1.96 bits per heavy atom. The van der Waals surface area contributed by atoms with Gasteiger partial charge >= 0.3 is 0 Å². The molecule has 0 unspecified atom stereocenters. The van der Waals surface area contributed by atoms with E-state index in [4.69, 9.17) is 5.73 Å². The van der Waals surface area contributed by atoms with Crippen LogP contribution in [0.2, 0.25) is 0 Å². The fourth-order valence-electron chi connectivity index (χ4n) is 2.81. The van der Waals surface area contributed by atoms with Gasteiger partial charge in [-0.25, -0.2) is 4.98 Å². The standard InChI is InChI=1S/C19H22N4O.ClH/c20-9-5-11-23(14-15-6-2-1-3-7-15)18(24)12-16-13-22-19-17(16)8-4-10-21-19;/h1-4,6-8,10,13H,5,9,11-12,14,20H2,(H,21,22);1H. The van der Waals surface area contributed by atoms with Gasteiger partial charge in [-0.3, -0.25) is 4.79 Å². The number of aromatic amines is 1. The minimum absolute atomic E-state index is 0. The van der Waals surface area contributed by atoms with Gasteiger partial charge in [-0.05, 0) is 36.2 Å². The quantitative estimate of drug-likeness (QED) is 0.682. The highest BCUT2D eigenvalue weighted by atomic mass is 35.5. The number of carbonyl (C=O) groups is 1. The van der Waals surface area contributed by atoms with E-state index in [0.717, 1.165) is 28.6 Å². The van der Waals surface area contributed by atoms with Crippen LogP contribution >= 0.6 is 12.4 Å². The summed E-state index contributed by atoms with van der Waals surface area (Å²) in [5, 5.41) is 1.00. The number of fused-ring (bicyclic) bond motifs is 1. The maximum atomic E-state index is 12.8. The molecular weight excluding hydrogens is 336 g/mol. The Labute approximate surface area is 153 Å². The summed E-state index contributed by atoms with van der Waals surface area (Å²) in [4.78, 5) is 22.1. The van der Waals surface area contributed by atoms with Crippen molar-refractivity contribution in [2.45, 2.75) is 19.4 Å². The number of pyridine rings is 1. The van der Waals surface area contributed by atoms with Crippen molar-refractivity contribution in [3.05, 3.63) is 66.0 Å². The smallest absolute Gasteiger partial charge is 0.227 e. The van der Waals surface area contributed by atoms with Crippen molar-refractivity contribution in [1.29, 1.82) is 0 Å². The Hall–Kier alpha value is -2.37. The minimum atomic E-state index is 0. The van der Waals surface area contributed by atoms with Crippen LogP contribution in [0.4, 0.5) is 0 Å². The third kappa shape index (κ3) is 4.81. The molecule has 3 N–H and O–H groups in total. The van der Waals surface area contributed by atoms with E-state index in [1.807, 2.05) is 53.6 Å². The highest BCUT2D eigenvalue weighted by molar-refractivity contribution is 5.87. The van der Waals surface area contributed by atoms with E-state index < -0.39 is 0 Å². The number of rotatable bonds is 7. The van der Waals surface area contributed by atoms with Gasteiger partial charge in [-0.2, -0.15) is 0 Å². The summed E-state index contributed by atoms with van der Waals surface area (Å²) >= 11 is 0. The molecule has 0 saturated heterocycles. The molecule has 0 aliphatic heterocycles. The van der Waals surface area contributed by atoms with Gasteiger partial charge in [0.2, 0.25) is 5.91 Å². The maximum absolute atomic E-state index is 12.8. The average molecular weight is 359 g/mol. The SMILES string of the molecule is Cl.NCCCN(Cc1ccccc1)C(=O)Cc1c[nH]c2ncccc12. The Balaban J connectivity index is 0.00000225. The van der Waals surface area contributed by atoms with E-state index in [2.05, 4.69) is 9.97 Å². The number of nitrogens with one attached hydrogen (secondary N) is 1. The van der Waals surface area contributed by atoms with E-state index in [9.17, 15) is 4.79 Å². The lowest BCUT2D eigenvalue weighted by Crippen LogP contribution is -2.33. The van der Waals surface area contributed by atoms with Gasteiger partial charge in [0.15, 0.2) is 0 Å². The molecule has 3 aromatic rings. The number of aromatic nitrogens is 2. The molecule has 0 aliphatic carbocycles. The third-order valence-corrected chi connectivity index (χ3v) is 4.08. The number of halogens is 1. The number of carbonyl (C=O) groups excluding carboxylic acids is 1. The Morgan fingerprint density at radius 3 is 2.72 bits per heavy atom. The van der Waals surface area contributed by atoms with Gasteiger partial charge in [-0.1, -0.05) is 30.3 Å². The summed E-state index contributed by atoms with van der Waals surface area (Å²) in [5.41, 5.74) is 8.55. The van der Waals surface area contributed by atoms with Crippen molar-refractivity contribution >= 4 is 29.3 Å². The van der Waals surface area contributed by atoms with Crippen LogP contribution in [0.1, 0.15) is 17.5 Å². The Morgan fingerprint density at radius 1 is 1.16 bits per heavy atom. The van der Waals surface area contributed by atoms with Crippen molar-refractivity contribution in [3.8, 4) is 0 Å². The zero-order chi connectivity index (χ0) is 16.8. The molecule has 2 heterocycles. The summed E-state index contributed by atoms with van der Waals surface area (Å²) < 4.78 is 0. The van der Waals surface area contributed by atoms with Crippen molar-refractivity contribution in [1.82, 2.24) is 14.9 Å². The molecule has 0 spiro atoms. The number of hydrogen-bond acceptors (Lipinski definition) is 3. The van der Waals surface area contributed by atoms with Crippen LogP contribution in [-0.4, -0.2) is 33.9 Å². The highest BCUT2D eigenvalue weighted by Gasteiger charge is 2.16. The third-order valence-electron chi connectivity index (χ3n) is 4.08. The Kier molecular flexibility index (Phi) is 6.98. The van der Waals surface area contributed by atoms with Gasteiger partial charge in [0, 0.05) is 30.9 Å². The van der Waals surface area contributed by atoms with E-state index >= 15 is 0 Å². The summed E-state index contributed by atoms with van der Waals surface area (Å²) in [6.45, 7) is 1.86. The minimum Gasteiger partial charge on any atom is -0.346 e. The Bertz CT molecular complexity index is 803. The predicted octanol–water partition coefficient (Wildman–Crippen LogP) is 2.90. The van der Waals surface area contributed by atoms with Gasteiger partial charge in [-0.15, -0.1) is 12.4 Å². The molecule has 1 amide bonds. The summed E-state index contributed by atoms with van der Waals surface area (Å²) in [6, 6.07) is 13.9. The van der Waals surface area contributed by atoms with Gasteiger partial charge < -0.3 is 15.6 Å². The monoisotopic (exact) mass is 358 g/mol. The molecule has 3 rings (SSSR count). The predicted molar refractivity (Wildman–Crippen MR) is 103 cm³/mol. The van der Waals surface area contributed by atoms with Crippen molar-refractivity contribution in [3.63, 3.8) is 0 Å². The maximum Gasteiger partial charge on any atom is 0.227 e. The normalized spacial score (nSPS) is 10.4. The summed E-state index contributed by atoms with van der Waals surface area (Å²) in [7, 11) is 0. The van der Waals surface area contributed by atoms with E-state index in [1.165, 1.54) is 0 Å². The lowest BCUT2D eigenvalue weighted by atomic mass is 10.1. The fourth-order valence-corrected chi connectivity index (χ4v) is 2.81. The van der Waals surface area contributed by atoms with Crippen LogP contribution in [0, 0.1) is 0 Å². The molecule has 132 valence electrons. The number of amides is 1. The number of nitrogens with two attached hydrogens (primary N) is 1. The molecule has 25 heavy (non-hydrogen) atoms. The molecule has 6 heteroatoms. The molecule has 0 aliphatic rings. The first kappa shape index (κ1) is 19.0. The van der Waals surface area contributed by atoms with Crippen molar-refractivity contribution in [2.24, 2.45) is 5.73 Å². The molecule has 5 nitrogen and oxygen atoms in total. The van der Waals surface area contributed by atoms with Crippen LogP contribution in [-0.2, 0) is 17.8 Å². The van der Waals surface area contributed by atoms with Crippen LogP contribution in [0.25, 0.3) is 11.0 Å². The molecule has 0 saturated carbocycles. The first-order valence-electron chi connectivity index (χ1n) is 8.20. The van der Waals surface area contributed by atoms with Gasteiger partial charge in [0.05, 0.1) is 6.42 Å². The lowest BCUT2D eigenvalue weighted by molar-refractivity contribution is -0.131. The van der Waals surface area contributed by atoms with Crippen LogP contribution in [0.3, 0.4) is 0 Å². The molecule has 0 fully saturated rings. The van der Waals surface area contributed by atoms with Crippen LogP contribution in [0.15, 0.2) is 54.9 Å². The second-order valence-corrected chi connectivity index (χ2v) is 5.83. The van der Waals surface area contributed by atoms with Crippen molar-refractivity contribution < 1.29 is 4.79 Å². The van der Waals surface area contributed by atoms with Gasteiger partial charge in [0.1, 0.15) is 5.65 Å². The molecular formula is C19H23ClN4O. The van der Waals surface area contributed by atoms with E-state index in [0.29, 0.717) is 26.1 Å². The molecule has 0 atom stereocenters. The van der Waals surface area contributed by atoms with Crippen LogP contribution in [0.5, 0.6) is 0 Å². The zero-order valence-electron chi connectivity index (χ0n) is 14.0. The second-order valence-electron chi connectivity index (χ2n) is 5.83. The number of hydrogen-bond donors (Lipinski definition) is 2. The topological polar surface area (TPSA) is 75.0 Å². The van der Waals surface area contributed by atoms with E-state index in [-0.39, 0.29) is 18.3 Å². The molecule has 2 aromatic heterocycles. The zero-order valence-corrected chi connectivity index (χ0v) is 14.8. The largest absolute Gasteiger partial charge is 0.346 e. The fraction of sp³-hybridized carbons (Fsp3) is 0.263. The van der Waals surface area contributed by atoms with Gasteiger partial charge in [0.25, 0.3) is 0 Å². The first-order chi connectivity index (χ1) is 11.8. The van der Waals surface area contributed by atoms with Crippen LogP contribution < -0.4 is 5.73 Å². The lowest BCUT2D eigenvalue weighted by Gasteiger charge is -2.22. The number of benzene rings is 1. The second kappa shape index (κ2) is 9.20. The molecule has 0 radical (unpaired) electrons. The van der Waals surface area contributed by atoms with E-state index in [1.54, 1.807) is 6.20 Å². The summed E-state index contributed by atoms with van der Waals surface area (Å²) in [6.07, 6.45) is 4.78. The molecule has 0 bridgehead atoms. The van der Waals surface area contributed by atoms with Crippen molar-refractivity contribution in [2.75, 3.05) is 13.1 Å². The highest BCUT2D eigenvalue weighted by Crippen LogP contribution is 2.17. The summed E-state index contributed by atoms with van der Waals surface area (Å²) in [5.74, 6) is 0.108. The number of H-pyrrole nitrogens is 1.